The van der Waals surface area contributed by atoms with Gasteiger partial charge >= 0.3 is 6.03 Å². The van der Waals surface area contributed by atoms with Crippen molar-refractivity contribution in [3.63, 3.8) is 0 Å². The first-order valence-electron chi connectivity index (χ1n) is 7.84. The first-order chi connectivity index (χ1) is 12.5. The summed E-state index contributed by atoms with van der Waals surface area (Å²) in [6.45, 7) is 0.229. The lowest BCUT2D eigenvalue weighted by molar-refractivity contribution is 0.0996. The molecule has 0 aliphatic rings. The molecule has 3 N–H and O–H groups in total. The van der Waals surface area contributed by atoms with E-state index in [4.69, 9.17) is 10.5 Å². The number of aromatic nitrogens is 1. The number of rotatable bonds is 5. The average molecular weight is 370 g/mol. The molecular weight excluding hydrogens is 352 g/mol. The average Bonchev–Trinajstić information content (AvgIpc) is 3.02. The Bertz CT molecular complexity index is 963. The van der Waals surface area contributed by atoms with Crippen molar-refractivity contribution >= 4 is 39.2 Å². The van der Waals surface area contributed by atoms with Crippen molar-refractivity contribution in [1.29, 1.82) is 0 Å². The molecular formula is C18H18N4O3S. The predicted molar refractivity (Wildman–Crippen MR) is 102 cm³/mol. The lowest BCUT2D eigenvalue weighted by atomic mass is 10.1. The van der Waals surface area contributed by atoms with Crippen molar-refractivity contribution in [2.75, 3.05) is 19.4 Å². The number of fused-ring (bicyclic) bond motifs is 1. The van der Waals surface area contributed by atoms with Gasteiger partial charge in [-0.25, -0.2) is 4.79 Å². The number of anilines is 1. The molecule has 0 saturated carbocycles. The molecule has 3 aromatic rings. The SMILES string of the molecule is CN(C)C(=O)Nc1snc(OCc2cccc3ccccc23)c1C(N)=O. The molecule has 0 atom stereocenters. The lowest BCUT2D eigenvalue weighted by Gasteiger charge is -2.11. The van der Waals surface area contributed by atoms with E-state index in [1.165, 1.54) is 4.90 Å². The largest absolute Gasteiger partial charge is 0.472 e. The van der Waals surface area contributed by atoms with Gasteiger partial charge in [-0.05, 0) is 27.9 Å². The van der Waals surface area contributed by atoms with Crippen molar-refractivity contribution in [3.8, 4) is 5.88 Å². The molecule has 0 spiro atoms. The van der Waals surface area contributed by atoms with Crippen LogP contribution < -0.4 is 15.8 Å². The second-order valence-electron chi connectivity index (χ2n) is 5.81. The molecule has 3 amide bonds. The third-order valence-corrected chi connectivity index (χ3v) is 4.52. The lowest BCUT2D eigenvalue weighted by Crippen LogP contribution is -2.28. The van der Waals surface area contributed by atoms with Crippen LogP contribution in [0.15, 0.2) is 42.5 Å². The standard InChI is InChI=1S/C18H18N4O3S/c1-22(2)18(24)20-17-14(15(19)23)16(21-26-17)25-10-12-8-5-7-11-6-3-4-9-13(11)12/h3-9H,10H2,1-2H3,(H2,19,23)(H,20,24). The second-order valence-corrected chi connectivity index (χ2v) is 6.58. The number of benzene rings is 2. The Morgan fingerprint density at radius 2 is 1.92 bits per heavy atom. The fourth-order valence-corrected chi connectivity index (χ4v) is 3.18. The molecule has 134 valence electrons. The van der Waals surface area contributed by atoms with E-state index in [2.05, 4.69) is 9.69 Å². The second kappa shape index (κ2) is 7.40. The van der Waals surface area contributed by atoms with Crippen LogP contribution in [0, 0.1) is 0 Å². The number of amides is 3. The Hall–Kier alpha value is -3.13. The van der Waals surface area contributed by atoms with Gasteiger partial charge in [-0.2, -0.15) is 4.37 Å². The summed E-state index contributed by atoms with van der Waals surface area (Å²) < 4.78 is 9.88. The fraction of sp³-hybridized carbons (Fsp3) is 0.167. The van der Waals surface area contributed by atoms with Crippen molar-refractivity contribution < 1.29 is 14.3 Å². The van der Waals surface area contributed by atoms with Crippen LogP contribution in [0.3, 0.4) is 0 Å². The highest BCUT2D eigenvalue weighted by Gasteiger charge is 2.22. The summed E-state index contributed by atoms with van der Waals surface area (Å²) in [4.78, 5) is 25.0. The third kappa shape index (κ3) is 3.60. The summed E-state index contributed by atoms with van der Waals surface area (Å²) in [6.07, 6.45) is 0. The van der Waals surface area contributed by atoms with Crippen LogP contribution in [0.1, 0.15) is 15.9 Å². The van der Waals surface area contributed by atoms with Crippen molar-refractivity contribution in [2.45, 2.75) is 6.61 Å². The molecule has 0 aliphatic heterocycles. The first-order valence-corrected chi connectivity index (χ1v) is 8.62. The Morgan fingerprint density at radius 3 is 2.65 bits per heavy atom. The number of carbonyl (C=O) groups is 2. The Balaban J connectivity index is 1.84. The van der Waals surface area contributed by atoms with Gasteiger partial charge in [-0.3, -0.25) is 10.1 Å². The number of hydrogen-bond acceptors (Lipinski definition) is 5. The minimum Gasteiger partial charge on any atom is -0.472 e. The minimum atomic E-state index is -0.708. The van der Waals surface area contributed by atoms with Crippen LogP contribution in [0.25, 0.3) is 10.8 Å². The molecule has 0 saturated heterocycles. The van der Waals surface area contributed by atoms with Crippen molar-refractivity contribution in [3.05, 3.63) is 53.6 Å². The highest BCUT2D eigenvalue weighted by atomic mass is 32.1. The van der Waals surface area contributed by atoms with Crippen LogP contribution >= 0.6 is 11.5 Å². The quantitative estimate of drug-likeness (QED) is 0.721. The van der Waals surface area contributed by atoms with Gasteiger partial charge in [0.05, 0.1) is 0 Å². The summed E-state index contributed by atoms with van der Waals surface area (Å²) in [5.74, 6) is -0.592. The van der Waals surface area contributed by atoms with Crippen molar-refractivity contribution in [2.24, 2.45) is 5.73 Å². The molecule has 1 heterocycles. The van der Waals surface area contributed by atoms with Crippen LogP contribution in [-0.4, -0.2) is 35.3 Å². The summed E-state index contributed by atoms with van der Waals surface area (Å²) in [7, 11) is 3.19. The zero-order chi connectivity index (χ0) is 18.7. The van der Waals surface area contributed by atoms with Crippen molar-refractivity contribution in [1.82, 2.24) is 9.27 Å². The molecule has 7 nitrogen and oxygen atoms in total. The van der Waals surface area contributed by atoms with Gasteiger partial charge in [0.25, 0.3) is 5.91 Å². The van der Waals surface area contributed by atoms with Gasteiger partial charge < -0.3 is 15.4 Å². The minimum absolute atomic E-state index is 0.0745. The first kappa shape index (κ1) is 17.7. The molecule has 3 rings (SSSR count). The molecule has 26 heavy (non-hydrogen) atoms. The molecule has 0 unspecified atom stereocenters. The van der Waals surface area contributed by atoms with E-state index in [0.717, 1.165) is 27.9 Å². The van der Waals surface area contributed by atoms with E-state index < -0.39 is 5.91 Å². The van der Waals surface area contributed by atoms with Gasteiger partial charge in [0.15, 0.2) is 0 Å². The molecule has 0 fully saturated rings. The van der Waals surface area contributed by atoms with Crippen LogP contribution in [0.4, 0.5) is 9.80 Å². The Kier molecular flexibility index (Phi) is 5.04. The Morgan fingerprint density at radius 1 is 1.19 bits per heavy atom. The van der Waals surface area contributed by atoms with Gasteiger partial charge in [-0.15, -0.1) is 0 Å². The maximum Gasteiger partial charge on any atom is 0.321 e. The van der Waals surface area contributed by atoms with Crippen LogP contribution in [0.5, 0.6) is 5.88 Å². The fourth-order valence-electron chi connectivity index (χ4n) is 2.45. The number of primary amides is 1. The molecule has 0 bridgehead atoms. The highest BCUT2D eigenvalue weighted by molar-refractivity contribution is 7.11. The normalized spacial score (nSPS) is 10.5. The third-order valence-electron chi connectivity index (χ3n) is 3.78. The summed E-state index contributed by atoms with van der Waals surface area (Å²) in [5, 5.41) is 5.03. The van der Waals surface area contributed by atoms with E-state index in [-0.39, 0.29) is 29.1 Å². The van der Waals surface area contributed by atoms with Gasteiger partial charge in [0, 0.05) is 14.1 Å². The number of hydrogen-bond donors (Lipinski definition) is 2. The molecule has 8 heteroatoms. The number of carbonyl (C=O) groups excluding carboxylic acids is 2. The van der Waals surface area contributed by atoms with E-state index in [9.17, 15) is 9.59 Å². The number of urea groups is 1. The maximum atomic E-state index is 11.8. The van der Waals surface area contributed by atoms with Crippen LogP contribution in [0.2, 0.25) is 0 Å². The molecule has 2 aromatic carbocycles. The number of nitrogens with two attached hydrogens (primary N) is 1. The number of nitrogens with zero attached hydrogens (tertiary/aromatic N) is 2. The van der Waals surface area contributed by atoms with Gasteiger partial charge in [-0.1, -0.05) is 42.5 Å². The highest BCUT2D eigenvalue weighted by Crippen LogP contribution is 2.31. The van der Waals surface area contributed by atoms with E-state index in [0.29, 0.717) is 0 Å². The summed E-state index contributed by atoms with van der Waals surface area (Å²) in [6, 6.07) is 13.5. The molecule has 0 radical (unpaired) electrons. The zero-order valence-electron chi connectivity index (χ0n) is 14.4. The predicted octanol–water partition coefficient (Wildman–Crippen LogP) is 3.07. The number of nitrogens with one attached hydrogen (secondary N) is 1. The molecule has 0 aliphatic carbocycles. The summed E-state index contributed by atoms with van der Waals surface area (Å²) in [5.41, 5.74) is 6.49. The monoisotopic (exact) mass is 370 g/mol. The van der Waals surface area contributed by atoms with Crippen LogP contribution in [-0.2, 0) is 6.61 Å². The smallest absolute Gasteiger partial charge is 0.321 e. The Labute approximate surface area is 154 Å². The van der Waals surface area contributed by atoms with E-state index in [1.54, 1.807) is 14.1 Å². The van der Waals surface area contributed by atoms with E-state index >= 15 is 0 Å². The van der Waals surface area contributed by atoms with E-state index in [1.807, 2.05) is 42.5 Å². The number of ether oxygens (including phenoxy) is 1. The maximum absolute atomic E-state index is 11.8. The zero-order valence-corrected chi connectivity index (χ0v) is 15.2. The van der Waals surface area contributed by atoms with Gasteiger partial charge in [0.1, 0.15) is 17.2 Å². The summed E-state index contributed by atoms with van der Waals surface area (Å²) >= 11 is 0.955. The van der Waals surface area contributed by atoms with Gasteiger partial charge in [0.2, 0.25) is 5.88 Å². The topological polar surface area (TPSA) is 97.6 Å². The molecule has 1 aromatic heterocycles.